The molecule has 0 aliphatic rings. The Balaban J connectivity index is 2.12. The predicted molar refractivity (Wildman–Crippen MR) is 84.5 cm³/mol. The van der Waals surface area contributed by atoms with Gasteiger partial charge >= 0.3 is 12.5 Å². The number of nitro benzene ring substituents is 1. The average Bonchev–Trinajstić information content (AvgIpc) is 2.60. The lowest BCUT2D eigenvalue weighted by atomic mass is 10.1. The van der Waals surface area contributed by atoms with Gasteiger partial charge in [-0.2, -0.15) is 17.6 Å². The van der Waals surface area contributed by atoms with Crippen LogP contribution in [-0.2, 0) is 0 Å². The highest BCUT2D eigenvalue weighted by Crippen LogP contribution is 2.27. The average molecular weight is 369 g/mol. The van der Waals surface area contributed by atoms with E-state index in [0.29, 0.717) is 5.56 Å². The fraction of sp³-hybridized carbons (Fsp3) is 0.118. The van der Waals surface area contributed by atoms with Gasteiger partial charge in [-0.15, -0.1) is 0 Å². The van der Waals surface area contributed by atoms with Crippen LogP contribution in [0.15, 0.2) is 54.6 Å². The van der Waals surface area contributed by atoms with Crippen LogP contribution in [0.1, 0.15) is 15.9 Å². The van der Waals surface area contributed by atoms with Crippen molar-refractivity contribution in [2.75, 3.05) is 0 Å². The number of hydrogen-bond donors (Lipinski definition) is 0. The van der Waals surface area contributed by atoms with Crippen molar-refractivity contribution >= 4 is 17.5 Å². The van der Waals surface area contributed by atoms with Crippen molar-refractivity contribution in [1.29, 1.82) is 0 Å². The third-order valence-corrected chi connectivity index (χ3v) is 3.18. The van der Waals surface area contributed by atoms with Crippen LogP contribution in [0.2, 0.25) is 0 Å². The van der Waals surface area contributed by atoms with E-state index >= 15 is 0 Å². The second-order valence-corrected chi connectivity index (χ2v) is 5.01. The van der Waals surface area contributed by atoms with Crippen molar-refractivity contribution < 1.29 is 32.0 Å². The Hall–Kier alpha value is -3.23. The number of carbonyl (C=O) groups is 1. The molecule has 9 heteroatoms. The van der Waals surface area contributed by atoms with Gasteiger partial charge in [-0.05, 0) is 29.8 Å². The summed E-state index contributed by atoms with van der Waals surface area (Å²) < 4.78 is 53.6. The molecule has 2 rings (SSSR count). The Bertz CT molecular complexity index is 835. The summed E-state index contributed by atoms with van der Waals surface area (Å²) in [5.41, 5.74) is -0.0740. The molecule has 0 fully saturated rings. The first-order chi connectivity index (χ1) is 12.2. The molecule has 5 nitrogen and oxygen atoms in total. The molecule has 2 aromatic carbocycles. The fourth-order valence-corrected chi connectivity index (χ4v) is 1.95. The van der Waals surface area contributed by atoms with Gasteiger partial charge in [0.05, 0.1) is 10.5 Å². The number of carbonyl (C=O) groups excluding carboxylic acids is 1. The molecule has 0 unspecified atom stereocenters. The highest BCUT2D eigenvalue weighted by atomic mass is 19.3. The van der Waals surface area contributed by atoms with Crippen LogP contribution >= 0.6 is 0 Å². The summed E-state index contributed by atoms with van der Waals surface area (Å²) in [5, 5.41) is 10.9. The van der Waals surface area contributed by atoms with Gasteiger partial charge in [0, 0.05) is 6.07 Å². The van der Waals surface area contributed by atoms with Crippen LogP contribution in [0, 0.1) is 10.1 Å². The van der Waals surface area contributed by atoms with E-state index in [9.17, 15) is 32.5 Å². The lowest BCUT2D eigenvalue weighted by molar-refractivity contribution is -0.385. The summed E-state index contributed by atoms with van der Waals surface area (Å²) in [7, 11) is 0. The van der Waals surface area contributed by atoms with Gasteiger partial charge in [0.2, 0.25) is 0 Å². The molecular formula is C17H11F4NO4. The van der Waals surface area contributed by atoms with Gasteiger partial charge in [0.1, 0.15) is 5.75 Å². The van der Waals surface area contributed by atoms with Crippen molar-refractivity contribution in [2.45, 2.75) is 12.5 Å². The van der Waals surface area contributed by atoms with Gasteiger partial charge in [-0.1, -0.05) is 30.3 Å². The number of nitrogens with zero attached hydrogens (tertiary/aromatic N) is 1. The molecule has 136 valence electrons. The van der Waals surface area contributed by atoms with E-state index in [1.54, 1.807) is 0 Å². The summed E-state index contributed by atoms with van der Waals surface area (Å²) in [4.78, 5) is 22.3. The Kier molecular flexibility index (Phi) is 5.71. The minimum absolute atomic E-state index is 0.106. The smallest absolute Gasteiger partial charge is 0.428 e. The molecule has 2 aromatic rings. The maximum absolute atomic E-state index is 12.8. The van der Waals surface area contributed by atoms with Crippen molar-refractivity contribution in [1.82, 2.24) is 0 Å². The molecule has 0 heterocycles. The quantitative estimate of drug-likeness (QED) is 0.233. The van der Waals surface area contributed by atoms with Gasteiger partial charge in [-0.3, -0.25) is 14.9 Å². The summed E-state index contributed by atoms with van der Waals surface area (Å²) in [6, 6.07) is 9.98. The van der Waals surface area contributed by atoms with Crippen LogP contribution in [0.3, 0.4) is 0 Å². The molecule has 0 aromatic heterocycles. The van der Waals surface area contributed by atoms with E-state index < -0.39 is 29.0 Å². The van der Waals surface area contributed by atoms with E-state index in [2.05, 4.69) is 4.74 Å². The number of allylic oxidation sites excluding steroid dienone is 1. The summed E-state index contributed by atoms with van der Waals surface area (Å²) >= 11 is 0. The van der Waals surface area contributed by atoms with Gasteiger partial charge < -0.3 is 4.74 Å². The van der Waals surface area contributed by atoms with Crippen LogP contribution < -0.4 is 4.74 Å². The number of halogens is 4. The molecule has 0 N–H and O–H groups in total. The third kappa shape index (κ3) is 4.65. The van der Waals surface area contributed by atoms with Gasteiger partial charge in [0.15, 0.2) is 5.78 Å². The van der Waals surface area contributed by atoms with E-state index in [4.69, 9.17) is 0 Å². The largest absolute Gasteiger partial charge is 0.461 e. The number of nitro groups is 1. The monoisotopic (exact) mass is 369 g/mol. The number of rotatable bonds is 7. The topological polar surface area (TPSA) is 69.4 Å². The molecule has 26 heavy (non-hydrogen) atoms. The Morgan fingerprint density at radius 2 is 1.73 bits per heavy atom. The molecule has 0 saturated heterocycles. The highest BCUT2D eigenvalue weighted by Gasteiger charge is 2.43. The van der Waals surface area contributed by atoms with Crippen molar-refractivity contribution in [2.24, 2.45) is 0 Å². The summed E-state index contributed by atoms with van der Waals surface area (Å²) in [6.45, 7) is 0. The molecule has 0 radical (unpaired) electrons. The third-order valence-electron chi connectivity index (χ3n) is 3.18. The Labute approximate surface area is 144 Å². The zero-order valence-corrected chi connectivity index (χ0v) is 12.9. The first kappa shape index (κ1) is 19.1. The molecule has 0 amide bonds. The summed E-state index contributed by atoms with van der Waals surface area (Å²) in [5.74, 6) is -1.10. The number of alkyl halides is 4. The SMILES string of the molecule is O=C(/C=C/c1ccc(OC(F)(F)C(F)F)cc1)c1ccccc1[N+](=O)[O-]. The van der Waals surface area contributed by atoms with Gasteiger partial charge in [0.25, 0.3) is 5.69 Å². The lowest BCUT2D eigenvalue weighted by Crippen LogP contribution is -2.33. The lowest BCUT2D eigenvalue weighted by Gasteiger charge is -2.16. The van der Waals surface area contributed by atoms with Crippen molar-refractivity contribution in [3.63, 3.8) is 0 Å². The zero-order chi connectivity index (χ0) is 19.3. The van der Waals surface area contributed by atoms with Crippen LogP contribution in [0.25, 0.3) is 6.08 Å². The number of ketones is 1. The number of hydrogen-bond acceptors (Lipinski definition) is 4. The molecule has 0 aliphatic carbocycles. The first-order valence-corrected chi connectivity index (χ1v) is 7.11. The molecule has 0 atom stereocenters. The first-order valence-electron chi connectivity index (χ1n) is 7.11. The van der Waals surface area contributed by atoms with Crippen LogP contribution in [0.5, 0.6) is 5.75 Å². The molecule has 0 bridgehead atoms. The molecular weight excluding hydrogens is 358 g/mol. The Morgan fingerprint density at radius 1 is 1.12 bits per heavy atom. The second-order valence-electron chi connectivity index (χ2n) is 5.01. The summed E-state index contributed by atoms with van der Waals surface area (Å²) in [6.07, 6.45) is -6.21. The van der Waals surface area contributed by atoms with E-state index in [1.165, 1.54) is 42.5 Å². The van der Waals surface area contributed by atoms with Crippen molar-refractivity contribution in [3.05, 3.63) is 75.8 Å². The van der Waals surface area contributed by atoms with Crippen LogP contribution in [0.4, 0.5) is 23.2 Å². The molecule has 0 saturated carbocycles. The maximum atomic E-state index is 12.8. The maximum Gasteiger partial charge on any atom is 0.461 e. The highest BCUT2D eigenvalue weighted by molar-refractivity contribution is 6.09. The normalized spacial score (nSPS) is 11.7. The van der Waals surface area contributed by atoms with Crippen molar-refractivity contribution in [3.8, 4) is 5.75 Å². The minimum Gasteiger partial charge on any atom is -0.428 e. The fourth-order valence-electron chi connectivity index (χ4n) is 1.95. The minimum atomic E-state index is -4.61. The molecule has 0 spiro atoms. The standard InChI is InChI=1S/C17H11F4NO4/c18-16(19)17(20,21)26-12-8-5-11(6-9-12)7-10-15(23)13-3-1-2-4-14(13)22(24)25/h1-10,16H/b10-7+. The second kappa shape index (κ2) is 7.77. The van der Waals surface area contributed by atoms with Crippen LogP contribution in [-0.4, -0.2) is 23.2 Å². The Morgan fingerprint density at radius 3 is 2.31 bits per heavy atom. The number of benzene rings is 2. The number of ether oxygens (including phenoxy) is 1. The number of para-hydroxylation sites is 1. The van der Waals surface area contributed by atoms with E-state index in [-0.39, 0.29) is 11.3 Å². The van der Waals surface area contributed by atoms with E-state index in [0.717, 1.165) is 18.2 Å². The van der Waals surface area contributed by atoms with E-state index in [1.807, 2.05) is 0 Å². The molecule has 0 aliphatic heterocycles. The zero-order valence-electron chi connectivity index (χ0n) is 12.9. The predicted octanol–water partition coefficient (Wildman–Crippen LogP) is 4.73. The van der Waals surface area contributed by atoms with Gasteiger partial charge in [-0.25, -0.2) is 0 Å².